The number of aromatic nitrogens is 1. The Morgan fingerprint density at radius 1 is 1.00 bits per heavy atom. The third kappa shape index (κ3) is 2.83. The Kier molecular flexibility index (Phi) is 4.21. The number of carbonyl (C=O) groups is 2. The summed E-state index contributed by atoms with van der Waals surface area (Å²) in [6, 6.07) is 12.8. The lowest BCUT2D eigenvalue weighted by Crippen LogP contribution is -2.05. The van der Waals surface area contributed by atoms with E-state index in [1.807, 2.05) is 44.3 Å². The molecule has 0 saturated carbocycles. The van der Waals surface area contributed by atoms with Crippen LogP contribution in [0, 0.1) is 13.8 Å². The average Bonchev–Trinajstić information content (AvgIpc) is 2.94. The number of hydrogen-bond donors (Lipinski definition) is 0. The van der Waals surface area contributed by atoms with Gasteiger partial charge in [-0.3, -0.25) is 4.79 Å². The van der Waals surface area contributed by atoms with Crippen LogP contribution < -0.4 is 0 Å². The summed E-state index contributed by atoms with van der Waals surface area (Å²) in [5, 5.41) is 0. The molecule has 4 heteroatoms. The Balaban J connectivity index is 2.16. The first-order valence-electron chi connectivity index (χ1n) is 7.91. The van der Waals surface area contributed by atoms with Crippen molar-refractivity contribution in [2.45, 2.75) is 20.8 Å². The molecule has 3 aromatic rings. The van der Waals surface area contributed by atoms with Gasteiger partial charge < -0.3 is 9.14 Å². The second-order valence-electron chi connectivity index (χ2n) is 5.82. The van der Waals surface area contributed by atoms with E-state index in [0.29, 0.717) is 28.9 Å². The standard InChI is InChI=1S/C20H19NO3/c1-4-24-20(23)16-11-18(21-12-14(3)7-10-17(16)21)19(22)15-8-5-13(2)6-9-15/h5-12H,4H2,1-3H3. The lowest BCUT2D eigenvalue weighted by atomic mass is 10.1. The first-order chi connectivity index (χ1) is 11.5. The molecule has 0 unspecified atom stereocenters. The summed E-state index contributed by atoms with van der Waals surface area (Å²) in [5.41, 5.74) is 4.24. The maximum absolute atomic E-state index is 12.9. The van der Waals surface area contributed by atoms with Gasteiger partial charge in [0.15, 0.2) is 0 Å². The largest absolute Gasteiger partial charge is 0.462 e. The van der Waals surface area contributed by atoms with Gasteiger partial charge in [-0.05, 0) is 38.5 Å². The Bertz CT molecular complexity index is 920. The Morgan fingerprint density at radius 2 is 1.67 bits per heavy atom. The van der Waals surface area contributed by atoms with Crippen LogP contribution >= 0.6 is 0 Å². The SMILES string of the molecule is CCOC(=O)c1cc(C(=O)c2ccc(C)cc2)n2cc(C)ccc12. The van der Waals surface area contributed by atoms with Crippen LogP contribution in [0.3, 0.4) is 0 Å². The van der Waals surface area contributed by atoms with Crippen LogP contribution in [-0.2, 0) is 4.74 Å². The molecule has 2 heterocycles. The number of ether oxygens (including phenoxy) is 1. The van der Waals surface area contributed by atoms with E-state index in [9.17, 15) is 9.59 Å². The van der Waals surface area contributed by atoms with Gasteiger partial charge >= 0.3 is 5.97 Å². The molecule has 2 aromatic heterocycles. The van der Waals surface area contributed by atoms with Crippen molar-refractivity contribution in [3.63, 3.8) is 0 Å². The van der Waals surface area contributed by atoms with Crippen LogP contribution in [0.15, 0.2) is 48.7 Å². The smallest absolute Gasteiger partial charge is 0.340 e. The van der Waals surface area contributed by atoms with Gasteiger partial charge in [0, 0.05) is 11.8 Å². The van der Waals surface area contributed by atoms with Gasteiger partial charge in [-0.2, -0.15) is 0 Å². The van der Waals surface area contributed by atoms with Crippen LogP contribution in [0.2, 0.25) is 0 Å². The third-order valence-corrected chi connectivity index (χ3v) is 3.95. The Morgan fingerprint density at radius 3 is 2.33 bits per heavy atom. The molecule has 0 saturated heterocycles. The predicted molar refractivity (Wildman–Crippen MR) is 92.7 cm³/mol. The maximum Gasteiger partial charge on any atom is 0.340 e. The van der Waals surface area contributed by atoms with Crippen LogP contribution in [0.5, 0.6) is 0 Å². The molecule has 0 atom stereocenters. The lowest BCUT2D eigenvalue weighted by molar-refractivity contribution is 0.0529. The highest BCUT2D eigenvalue weighted by molar-refractivity contribution is 6.11. The monoisotopic (exact) mass is 321 g/mol. The van der Waals surface area contributed by atoms with Crippen molar-refractivity contribution in [3.8, 4) is 0 Å². The van der Waals surface area contributed by atoms with Crippen LogP contribution in [-0.4, -0.2) is 22.8 Å². The van der Waals surface area contributed by atoms with Crippen molar-refractivity contribution in [2.75, 3.05) is 6.61 Å². The Hall–Kier alpha value is -2.88. The zero-order chi connectivity index (χ0) is 17.3. The summed E-state index contributed by atoms with van der Waals surface area (Å²) < 4.78 is 6.88. The number of esters is 1. The van der Waals surface area contributed by atoms with Gasteiger partial charge in [-0.25, -0.2) is 4.79 Å². The molecule has 24 heavy (non-hydrogen) atoms. The number of benzene rings is 1. The molecule has 4 nitrogen and oxygen atoms in total. The van der Waals surface area contributed by atoms with Crippen molar-refractivity contribution in [2.24, 2.45) is 0 Å². The summed E-state index contributed by atoms with van der Waals surface area (Å²) in [6.07, 6.45) is 1.86. The highest BCUT2D eigenvalue weighted by atomic mass is 16.5. The zero-order valence-electron chi connectivity index (χ0n) is 14.0. The van der Waals surface area contributed by atoms with E-state index in [-0.39, 0.29) is 5.78 Å². The van der Waals surface area contributed by atoms with Gasteiger partial charge in [0.25, 0.3) is 0 Å². The summed E-state index contributed by atoms with van der Waals surface area (Å²) >= 11 is 0. The van der Waals surface area contributed by atoms with Gasteiger partial charge in [0.2, 0.25) is 5.78 Å². The van der Waals surface area contributed by atoms with Crippen LogP contribution in [0.25, 0.3) is 5.52 Å². The fraction of sp³-hybridized carbons (Fsp3) is 0.200. The predicted octanol–water partition coefficient (Wildman–Crippen LogP) is 3.96. The van der Waals surface area contributed by atoms with E-state index in [1.54, 1.807) is 29.5 Å². The molecule has 0 aliphatic heterocycles. The molecule has 0 N–H and O–H groups in total. The van der Waals surface area contributed by atoms with E-state index in [2.05, 4.69) is 0 Å². The minimum absolute atomic E-state index is 0.119. The molecule has 0 spiro atoms. The second-order valence-corrected chi connectivity index (χ2v) is 5.82. The highest BCUT2D eigenvalue weighted by Gasteiger charge is 2.21. The molecule has 1 aromatic carbocycles. The van der Waals surface area contributed by atoms with Crippen molar-refractivity contribution >= 4 is 17.3 Å². The summed E-state index contributed by atoms with van der Waals surface area (Å²) in [5.74, 6) is -0.534. The number of nitrogens with zero attached hydrogens (tertiary/aromatic N) is 1. The number of pyridine rings is 1. The van der Waals surface area contributed by atoms with E-state index >= 15 is 0 Å². The van der Waals surface area contributed by atoms with Gasteiger partial charge in [0.1, 0.15) is 0 Å². The minimum atomic E-state index is -0.415. The minimum Gasteiger partial charge on any atom is -0.462 e. The van der Waals surface area contributed by atoms with Crippen LogP contribution in [0.1, 0.15) is 44.5 Å². The second kappa shape index (κ2) is 6.32. The molecule has 0 aliphatic carbocycles. The molecule has 0 aliphatic rings. The van der Waals surface area contributed by atoms with Gasteiger partial charge in [-0.15, -0.1) is 0 Å². The lowest BCUT2D eigenvalue weighted by Gasteiger charge is -2.04. The van der Waals surface area contributed by atoms with E-state index in [1.165, 1.54) is 0 Å². The molecule has 122 valence electrons. The van der Waals surface area contributed by atoms with Crippen molar-refractivity contribution < 1.29 is 14.3 Å². The number of fused-ring (bicyclic) bond motifs is 1. The summed E-state index contributed by atoms with van der Waals surface area (Å²) in [6.45, 7) is 5.98. The molecule has 0 fully saturated rings. The molecule has 0 amide bonds. The number of rotatable bonds is 4. The first-order valence-corrected chi connectivity index (χ1v) is 7.91. The Labute approximate surface area is 140 Å². The molecular weight excluding hydrogens is 302 g/mol. The molecule has 0 bridgehead atoms. The zero-order valence-corrected chi connectivity index (χ0v) is 14.0. The van der Waals surface area contributed by atoms with Gasteiger partial charge in [-0.1, -0.05) is 35.9 Å². The fourth-order valence-corrected chi connectivity index (χ4v) is 2.71. The molecule has 0 radical (unpaired) electrons. The number of hydrogen-bond acceptors (Lipinski definition) is 3. The normalized spacial score (nSPS) is 10.8. The van der Waals surface area contributed by atoms with Crippen LogP contribution in [0.4, 0.5) is 0 Å². The number of carbonyl (C=O) groups excluding carboxylic acids is 2. The third-order valence-electron chi connectivity index (χ3n) is 3.95. The average molecular weight is 321 g/mol. The quantitative estimate of drug-likeness (QED) is 0.540. The number of ketones is 1. The van der Waals surface area contributed by atoms with E-state index in [4.69, 9.17) is 4.74 Å². The number of aryl methyl sites for hydroxylation is 2. The maximum atomic E-state index is 12.9. The summed E-state index contributed by atoms with van der Waals surface area (Å²) in [7, 11) is 0. The van der Waals surface area contributed by atoms with Crippen molar-refractivity contribution in [1.82, 2.24) is 4.40 Å². The van der Waals surface area contributed by atoms with E-state index < -0.39 is 5.97 Å². The van der Waals surface area contributed by atoms with Gasteiger partial charge in [0.05, 0.1) is 23.4 Å². The van der Waals surface area contributed by atoms with Crippen molar-refractivity contribution in [1.29, 1.82) is 0 Å². The van der Waals surface area contributed by atoms with Crippen molar-refractivity contribution in [3.05, 3.63) is 76.6 Å². The van der Waals surface area contributed by atoms with E-state index in [0.717, 1.165) is 11.1 Å². The first kappa shape index (κ1) is 16.0. The molecular formula is C20H19NO3. The topological polar surface area (TPSA) is 47.8 Å². The highest BCUT2D eigenvalue weighted by Crippen LogP contribution is 2.22. The summed E-state index contributed by atoms with van der Waals surface area (Å²) in [4.78, 5) is 25.1. The molecule has 3 rings (SSSR count). The fourth-order valence-electron chi connectivity index (χ4n) is 2.71.